The van der Waals surface area contributed by atoms with Crippen LogP contribution in [0.4, 0.5) is 0 Å². The van der Waals surface area contributed by atoms with Crippen LogP contribution >= 0.6 is 34.2 Å². The third-order valence-electron chi connectivity index (χ3n) is 1.51. The van der Waals surface area contributed by atoms with Gasteiger partial charge in [-0.1, -0.05) is 34.2 Å². The van der Waals surface area contributed by atoms with Gasteiger partial charge in [-0.2, -0.15) is 0 Å². The van der Waals surface area contributed by atoms with Crippen LogP contribution in [0.3, 0.4) is 0 Å². The molecule has 4 heteroatoms. The van der Waals surface area contributed by atoms with Crippen LogP contribution in [0.5, 0.6) is 0 Å². The molecule has 0 saturated carbocycles. The number of aromatic nitrogens is 1. The summed E-state index contributed by atoms with van der Waals surface area (Å²) in [5.74, 6) is 0.743. The summed E-state index contributed by atoms with van der Waals surface area (Å²) in [6.07, 6.45) is 0. The molecular formula is C8H5ClINO. The van der Waals surface area contributed by atoms with Gasteiger partial charge < -0.3 is 4.42 Å². The fourth-order valence-corrected chi connectivity index (χ4v) is 1.49. The normalized spacial score (nSPS) is 10.8. The van der Waals surface area contributed by atoms with Crippen molar-refractivity contribution in [1.29, 1.82) is 0 Å². The Bertz CT molecular complexity index is 412. The third-order valence-corrected chi connectivity index (χ3v) is 2.40. The molecule has 1 heterocycles. The van der Waals surface area contributed by atoms with Crippen molar-refractivity contribution in [3.63, 3.8) is 0 Å². The molecule has 0 aliphatic rings. The maximum Gasteiger partial charge on any atom is 0.205 e. The van der Waals surface area contributed by atoms with Crippen LogP contribution in [-0.2, 0) is 4.43 Å². The summed E-state index contributed by atoms with van der Waals surface area (Å²) in [4.78, 5) is 4.24. The molecule has 0 atom stereocenters. The van der Waals surface area contributed by atoms with E-state index in [4.69, 9.17) is 16.0 Å². The predicted molar refractivity (Wildman–Crippen MR) is 56.7 cm³/mol. The molecule has 2 nitrogen and oxygen atoms in total. The van der Waals surface area contributed by atoms with E-state index in [1.54, 1.807) is 6.07 Å². The van der Waals surface area contributed by atoms with Crippen LogP contribution < -0.4 is 0 Å². The van der Waals surface area contributed by atoms with Crippen molar-refractivity contribution < 1.29 is 4.42 Å². The summed E-state index contributed by atoms with van der Waals surface area (Å²) in [7, 11) is 0. The summed E-state index contributed by atoms with van der Waals surface area (Å²) in [6.45, 7) is 0. The van der Waals surface area contributed by atoms with Crippen molar-refractivity contribution in [2.75, 3.05) is 0 Å². The number of nitrogens with zero attached hydrogens (tertiary/aromatic N) is 1. The number of fused-ring (bicyclic) bond motifs is 1. The molecule has 0 spiro atoms. The molecule has 0 saturated heterocycles. The van der Waals surface area contributed by atoms with E-state index in [0.29, 0.717) is 5.02 Å². The van der Waals surface area contributed by atoms with Crippen molar-refractivity contribution in [1.82, 2.24) is 4.98 Å². The Morgan fingerprint density at radius 1 is 1.50 bits per heavy atom. The summed E-state index contributed by atoms with van der Waals surface area (Å²) in [5, 5.41) is 0.679. The van der Waals surface area contributed by atoms with E-state index in [2.05, 4.69) is 27.6 Å². The zero-order chi connectivity index (χ0) is 8.55. The lowest BCUT2D eigenvalue weighted by molar-refractivity contribution is 0.559. The predicted octanol–water partition coefficient (Wildman–Crippen LogP) is 3.42. The first kappa shape index (κ1) is 8.31. The van der Waals surface area contributed by atoms with Crippen LogP contribution in [-0.4, -0.2) is 4.98 Å². The molecule has 0 fully saturated rings. The second-order valence-corrected chi connectivity index (χ2v) is 3.55. The second-order valence-electron chi connectivity index (χ2n) is 2.35. The number of halogens is 2. The van der Waals surface area contributed by atoms with Gasteiger partial charge >= 0.3 is 0 Å². The first-order chi connectivity index (χ1) is 5.79. The maximum absolute atomic E-state index is 5.78. The minimum Gasteiger partial charge on any atom is -0.440 e. The minimum atomic E-state index is 0.679. The van der Waals surface area contributed by atoms with Gasteiger partial charge in [0.05, 0.1) is 4.43 Å². The van der Waals surface area contributed by atoms with E-state index in [0.717, 1.165) is 21.4 Å². The molecule has 0 unspecified atom stereocenters. The number of oxazole rings is 1. The molecule has 0 radical (unpaired) electrons. The zero-order valence-corrected chi connectivity index (χ0v) is 8.96. The SMILES string of the molecule is Clc1ccc2nc(CI)oc2c1. The lowest BCUT2D eigenvalue weighted by atomic mass is 10.3. The average molecular weight is 293 g/mol. The third kappa shape index (κ3) is 1.43. The maximum atomic E-state index is 5.78. The number of alkyl halides is 1. The van der Waals surface area contributed by atoms with Crippen molar-refractivity contribution >= 4 is 45.3 Å². The molecule has 0 aliphatic heterocycles. The Labute approximate surface area is 88.1 Å². The fraction of sp³-hybridized carbons (Fsp3) is 0.125. The van der Waals surface area contributed by atoms with Gasteiger partial charge in [0, 0.05) is 11.1 Å². The number of hydrogen-bond donors (Lipinski definition) is 0. The number of rotatable bonds is 1. The first-order valence-electron chi connectivity index (χ1n) is 3.40. The topological polar surface area (TPSA) is 26.0 Å². The summed E-state index contributed by atoms with van der Waals surface area (Å²) in [5.41, 5.74) is 1.63. The van der Waals surface area contributed by atoms with E-state index in [9.17, 15) is 0 Å². The molecule has 2 aromatic rings. The van der Waals surface area contributed by atoms with Crippen LogP contribution in [0, 0.1) is 0 Å². The first-order valence-corrected chi connectivity index (χ1v) is 5.31. The lowest BCUT2D eigenvalue weighted by Crippen LogP contribution is -1.71. The highest BCUT2D eigenvalue weighted by Gasteiger charge is 2.03. The Kier molecular flexibility index (Phi) is 2.23. The van der Waals surface area contributed by atoms with Gasteiger partial charge in [-0.15, -0.1) is 0 Å². The van der Waals surface area contributed by atoms with E-state index in [-0.39, 0.29) is 0 Å². The lowest BCUT2D eigenvalue weighted by Gasteiger charge is -1.85. The number of benzene rings is 1. The van der Waals surface area contributed by atoms with Crippen molar-refractivity contribution in [2.24, 2.45) is 0 Å². The van der Waals surface area contributed by atoms with Gasteiger partial charge in [0.2, 0.25) is 5.89 Å². The fourth-order valence-electron chi connectivity index (χ4n) is 1.00. The Balaban J connectivity index is 2.67. The van der Waals surface area contributed by atoms with Crippen LogP contribution in [0.15, 0.2) is 22.6 Å². The molecule has 0 aliphatic carbocycles. The van der Waals surface area contributed by atoms with Crippen molar-refractivity contribution in [3.05, 3.63) is 29.1 Å². The van der Waals surface area contributed by atoms with Gasteiger partial charge in [-0.3, -0.25) is 0 Å². The van der Waals surface area contributed by atoms with E-state index in [1.807, 2.05) is 12.1 Å². The monoisotopic (exact) mass is 293 g/mol. The largest absolute Gasteiger partial charge is 0.440 e. The van der Waals surface area contributed by atoms with E-state index in [1.165, 1.54) is 0 Å². The Hall–Kier alpha value is -0.290. The van der Waals surface area contributed by atoms with Crippen LogP contribution in [0.25, 0.3) is 11.1 Å². The van der Waals surface area contributed by atoms with Gasteiger partial charge in [-0.05, 0) is 12.1 Å². The standard InChI is InChI=1S/C8H5ClINO/c9-5-1-2-6-7(3-5)12-8(4-10)11-6/h1-3H,4H2. The van der Waals surface area contributed by atoms with E-state index >= 15 is 0 Å². The minimum absolute atomic E-state index is 0.679. The van der Waals surface area contributed by atoms with Gasteiger partial charge in [0.25, 0.3) is 0 Å². The molecule has 2 rings (SSSR count). The van der Waals surface area contributed by atoms with Crippen molar-refractivity contribution in [2.45, 2.75) is 4.43 Å². The smallest absolute Gasteiger partial charge is 0.205 e. The van der Waals surface area contributed by atoms with E-state index < -0.39 is 0 Å². The summed E-state index contributed by atoms with van der Waals surface area (Å²) < 4.78 is 6.18. The Morgan fingerprint density at radius 2 is 2.33 bits per heavy atom. The molecular weight excluding hydrogens is 288 g/mol. The summed E-state index contributed by atoms with van der Waals surface area (Å²) in [6, 6.07) is 5.44. The molecule has 1 aromatic carbocycles. The van der Waals surface area contributed by atoms with Gasteiger partial charge in [0.1, 0.15) is 5.52 Å². The van der Waals surface area contributed by atoms with Crippen LogP contribution in [0.1, 0.15) is 5.89 Å². The van der Waals surface area contributed by atoms with Crippen LogP contribution in [0.2, 0.25) is 5.02 Å². The molecule has 0 amide bonds. The molecule has 62 valence electrons. The van der Waals surface area contributed by atoms with Crippen molar-refractivity contribution in [3.8, 4) is 0 Å². The highest BCUT2D eigenvalue weighted by Crippen LogP contribution is 2.20. The average Bonchev–Trinajstić information content (AvgIpc) is 2.46. The van der Waals surface area contributed by atoms with Gasteiger partial charge in [0.15, 0.2) is 5.58 Å². The molecule has 1 aromatic heterocycles. The summed E-state index contributed by atoms with van der Waals surface area (Å²) >= 11 is 7.99. The highest BCUT2D eigenvalue weighted by molar-refractivity contribution is 14.1. The number of hydrogen-bond acceptors (Lipinski definition) is 2. The quantitative estimate of drug-likeness (QED) is 0.595. The molecule has 0 N–H and O–H groups in total. The molecule has 0 bridgehead atoms. The zero-order valence-electron chi connectivity index (χ0n) is 6.05. The Morgan fingerprint density at radius 3 is 3.08 bits per heavy atom. The van der Waals surface area contributed by atoms with Gasteiger partial charge in [-0.25, -0.2) is 4.98 Å². The molecule has 12 heavy (non-hydrogen) atoms. The second kappa shape index (κ2) is 3.22. The highest BCUT2D eigenvalue weighted by atomic mass is 127.